The second-order valence-corrected chi connectivity index (χ2v) is 6.91. The molecule has 0 saturated carbocycles. The highest BCUT2D eigenvalue weighted by molar-refractivity contribution is 7.08. The molecule has 122 valence electrons. The Labute approximate surface area is 147 Å². The molecule has 3 aromatic rings. The molecule has 0 fully saturated rings. The molecule has 0 unspecified atom stereocenters. The fourth-order valence-corrected chi connectivity index (χ4v) is 3.83. The highest BCUT2D eigenvalue weighted by Crippen LogP contribution is 2.26. The Bertz CT molecular complexity index is 842. The average Bonchev–Trinajstić information content (AvgIpc) is 3.06. The molecule has 2 nitrogen and oxygen atoms in total. The molecule has 0 aliphatic heterocycles. The largest absolute Gasteiger partial charge is 0.348 e. The van der Waals surface area contributed by atoms with Crippen molar-refractivity contribution in [1.82, 2.24) is 5.32 Å². The van der Waals surface area contributed by atoms with Crippen LogP contribution < -0.4 is 5.32 Å². The summed E-state index contributed by atoms with van der Waals surface area (Å²) in [7, 11) is 0. The quantitative estimate of drug-likeness (QED) is 0.691. The van der Waals surface area contributed by atoms with E-state index in [4.69, 9.17) is 0 Å². The second-order valence-electron chi connectivity index (χ2n) is 6.13. The Kier molecular flexibility index (Phi) is 4.81. The van der Waals surface area contributed by atoms with Gasteiger partial charge in [0.15, 0.2) is 0 Å². The van der Waals surface area contributed by atoms with Crippen LogP contribution in [-0.4, -0.2) is 5.91 Å². The standard InChI is InChI=1S/C21H21NOS/c1-14-10-15(2)20(16(3)11-14)21(23)22-12-17-6-4-5-7-19(17)18-8-9-24-13-18/h4-11,13H,12H2,1-3H3,(H,22,23). The summed E-state index contributed by atoms with van der Waals surface area (Å²) >= 11 is 1.68. The van der Waals surface area contributed by atoms with E-state index < -0.39 is 0 Å². The van der Waals surface area contributed by atoms with Gasteiger partial charge in [0.05, 0.1) is 0 Å². The van der Waals surface area contributed by atoms with E-state index >= 15 is 0 Å². The molecule has 3 heteroatoms. The van der Waals surface area contributed by atoms with Crippen LogP contribution >= 0.6 is 11.3 Å². The minimum absolute atomic E-state index is 0.00915. The fourth-order valence-electron chi connectivity index (χ4n) is 3.18. The monoisotopic (exact) mass is 335 g/mol. The highest BCUT2D eigenvalue weighted by atomic mass is 32.1. The van der Waals surface area contributed by atoms with Gasteiger partial charge in [0.2, 0.25) is 0 Å². The summed E-state index contributed by atoms with van der Waals surface area (Å²) in [5.41, 5.74) is 7.53. The van der Waals surface area contributed by atoms with Gasteiger partial charge in [0.1, 0.15) is 0 Å². The first kappa shape index (κ1) is 16.5. The molecular formula is C21H21NOS. The number of aryl methyl sites for hydroxylation is 3. The lowest BCUT2D eigenvalue weighted by atomic mass is 9.98. The van der Waals surface area contributed by atoms with Crippen LogP contribution in [0.2, 0.25) is 0 Å². The van der Waals surface area contributed by atoms with Crippen molar-refractivity contribution in [2.45, 2.75) is 27.3 Å². The van der Waals surface area contributed by atoms with Gasteiger partial charge >= 0.3 is 0 Å². The van der Waals surface area contributed by atoms with E-state index in [1.807, 2.05) is 26.0 Å². The predicted molar refractivity (Wildman–Crippen MR) is 102 cm³/mol. The zero-order valence-electron chi connectivity index (χ0n) is 14.2. The van der Waals surface area contributed by atoms with Crippen LogP contribution in [0.25, 0.3) is 11.1 Å². The molecule has 2 aromatic carbocycles. The third kappa shape index (κ3) is 3.41. The number of carbonyl (C=O) groups is 1. The number of hydrogen-bond donors (Lipinski definition) is 1. The summed E-state index contributed by atoms with van der Waals surface area (Å²) in [4.78, 5) is 12.7. The third-order valence-electron chi connectivity index (χ3n) is 4.19. The first-order valence-corrected chi connectivity index (χ1v) is 8.97. The van der Waals surface area contributed by atoms with Gasteiger partial charge in [-0.2, -0.15) is 11.3 Å². The molecular weight excluding hydrogens is 314 g/mol. The van der Waals surface area contributed by atoms with Gasteiger partial charge in [-0.25, -0.2) is 0 Å². The first-order valence-electron chi connectivity index (χ1n) is 8.03. The maximum atomic E-state index is 12.7. The molecule has 1 amide bonds. The molecule has 0 radical (unpaired) electrons. The number of nitrogens with one attached hydrogen (secondary N) is 1. The zero-order valence-corrected chi connectivity index (χ0v) is 15.0. The maximum Gasteiger partial charge on any atom is 0.252 e. The van der Waals surface area contributed by atoms with Crippen LogP contribution in [0, 0.1) is 20.8 Å². The summed E-state index contributed by atoms with van der Waals surface area (Å²) < 4.78 is 0. The second kappa shape index (κ2) is 7.02. The van der Waals surface area contributed by atoms with E-state index in [-0.39, 0.29) is 5.91 Å². The van der Waals surface area contributed by atoms with Gasteiger partial charge in [-0.1, -0.05) is 42.0 Å². The van der Waals surface area contributed by atoms with E-state index in [0.29, 0.717) is 6.54 Å². The lowest BCUT2D eigenvalue weighted by Crippen LogP contribution is -2.25. The number of rotatable bonds is 4. The first-order chi connectivity index (χ1) is 11.6. The van der Waals surface area contributed by atoms with Crippen molar-refractivity contribution in [3.8, 4) is 11.1 Å². The molecule has 0 atom stereocenters. The molecule has 0 saturated heterocycles. The van der Waals surface area contributed by atoms with Crippen molar-refractivity contribution in [3.63, 3.8) is 0 Å². The average molecular weight is 335 g/mol. The van der Waals surface area contributed by atoms with Crippen LogP contribution in [0.3, 0.4) is 0 Å². The van der Waals surface area contributed by atoms with Crippen molar-refractivity contribution in [3.05, 3.63) is 81.0 Å². The topological polar surface area (TPSA) is 29.1 Å². The predicted octanol–water partition coefficient (Wildman–Crippen LogP) is 5.27. The molecule has 0 aliphatic carbocycles. The molecule has 0 bridgehead atoms. The van der Waals surface area contributed by atoms with Gasteiger partial charge in [0, 0.05) is 12.1 Å². The lowest BCUT2D eigenvalue weighted by molar-refractivity contribution is 0.0950. The third-order valence-corrected chi connectivity index (χ3v) is 4.88. The van der Waals surface area contributed by atoms with Crippen molar-refractivity contribution >= 4 is 17.2 Å². The number of thiophene rings is 1. The molecule has 1 N–H and O–H groups in total. The van der Waals surface area contributed by atoms with E-state index in [0.717, 1.165) is 22.3 Å². The molecule has 24 heavy (non-hydrogen) atoms. The summed E-state index contributed by atoms with van der Waals surface area (Å²) in [6.07, 6.45) is 0. The van der Waals surface area contributed by atoms with Crippen LogP contribution in [-0.2, 0) is 6.54 Å². The number of amides is 1. The Morgan fingerprint density at radius 1 is 1.04 bits per heavy atom. The van der Waals surface area contributed by atoms with Gasteiger partial charge in [-0.05, 0) is 65.4 Å². The van der Waals surface area contributed by atoms with Gasteiger partial charge in [-0.3, -0.25) is 4.79 Å². The Morgan fingerprint density at radius 3 is 2.42 bits per heavy atom. The number of benzene rings is 2. The minimum atomic E-state index is -0.00915. The van der Waals surface area contributed by atoms with Gasteiger partial charge < -0.3 is 5.32 Å². The van der Waals surface area contributed by atoms with E-state index in [2.05, 4.69) is 53.3 Å². The normalized spacial score (nSPS) is 10.6. The highest BCUT2D eigenvalue weighted by Gasteiger charge is 2.13. The van der Waals surface area contributed by atoms with E-state index in [9.17, 15) is 4.79 Å². The molecule has 3 rings (SSSR count). The van der Waals surface area contributed by atoms with Crippen LogP contribution in [0.15, 0.2) is 53.2 Å². The fraction of sp³-hybridized carbons (Fsp3) is 0.190. The SMILES string of the molecule is Cc1cc(C)c(C(=O)NCc2ccccc2-c2ccsc2)c(C)c1. The minimum Gasteiger partial charge on any atom is -0.348 e. The van der Waals surface area contributed by atoms with Crippen LogP contribution in [0.4, 0.5) is 0 Å². The Morgan fingerprint density at radius 2 is 1.75 bits per heavy atom. The smallest absolute Gasteiger partial charge is 0.252 e. The lowest BCUT2D eigenvalue weighted by Gasteiger charge is -2.13. The van der Waals surface area contributed by atoms with Crippen molar-refractivity contribution in [1.29, 1.82) is 0 Å². The molecule has 0 aliphatic rings. The van der Waals surface area contributed by atoms with Crippen LogP contribution in [0.1, 0.15) is 32.6 Å². The Hall–Kier alpha value is -2.39. The summed E-state index contributed by atoms with van der Waals surface area (Å²) in [5, 5.41) is 7.29. The molecule has 0 spiro atoms. The molecule has 1 heterocycles. The van der Waals surface area contributed by atoms with Crippen LogP contribution in [0.5, 0.6) is 0 Å². The van der Waals surface area contributed by atoms with E-state index in [1.54, 1.807) is 11.3 Å². The summed E-state index contributed by atoms with van der Waals surface area (Å²) in [6.45, 7) is 6.57. The van der Waals surface area contributed by atoms with Crippen molar-refractivity contribution in [2.24, 2.45) is 0 Å². The van der Waals surface area contributed by atoms with Gasteiger partial charge in [0.25, 0.3) is 5.91 Å². The number of hydrogen-bond acceptors (Lipinski definition) is 2. The maximum absolute atomic E-state index is 12.7. The van der Waals surface area contributed by atoms with Gasteiger partial charge in [-0.15, -0.1) is 0 Å². The Balaban J connectivity index is 1.81. The number of carbonyl (C=O) groups excluding carboxylic acids is 1. The van der Waals surface area contributed by atoms with E-state index in [1.165, 1.54) is 16.7 Å². The van der Waals surface area contributed by atoms with Crippen molar-refractivity contribution < 1.29 is 4.79 Å². The molecule has 1 aromatic heterocycles. The van der Waals surface area contributed by atoms with Crippen molar-refractivity contribution in [2.75, 3.05) is 0 Å². The summed E-state index contributed by atoms with van der Waals surface area (Å²) in [5.74, 6) is -0.00915. The summed E-state index contributed by atoms with van der Waals surface area (Å²) in [6, 6.07) is 14.4. The zero-order chi connectivity index (χ0) is 17.1.